The normalized spacial score (nSPS) is 42.2. The van der Waals surface area contributed by atoms with Crippen LogP contribution in [0.3, 0.4) is 0 Å². The molecule has 0 radical (unpaired) electrons. The molecule has 6 saturated heterocycles. The van der Waals surface area contributed by atoms with Gasteiger partial charge in [-0.2, -0.15) is 0 Å². The highest BCUT2D eigenvalue weighted by Gasteiger charge is 2.65. The Hall–Kier alpha value is -1.06. The summed E-state index contributed by atoms with van der Waals surface area (Å²) >= 11 is 0. The lowest BCUT2D eigenvalue weighted by molar-refractivity contribution is 0.250. The molecule has 12 atom stereocenters. The van der Waals surface area contributed by atoms with Gasteiger partial charge in [0, 0.05) is 75.5 Å². The van der Waals surface area contributed by atoms with Gasteiger partial charge in [0.05, 0.1) is 16.4 Å². The first-order chi connectivity index (χ1) is 29.8. The van der Waals surface area contributed by atoms with Gasteiger partial charge in [0.25, 0.3) is 0 Å². The van der Waals surface area contributed by atoms with Gasteiger partial charge in [-0.25, -0.2) is 0 Å². The van der Waals surface area contributed by atoms with Crippen molar-refractivity contribution in [3.63, 3.8) is 0 Å². The van der Waals surface area contributed by atoms with Crippen LogP contribution in [0.1, 0.15) is 206 Å². The maximum absolute atomic E-state index is 8.20. The van der Waals surface area contributed by atoms with E-state index in [1.165, 1.54) is 162 Å². The molecule has 7 heterocycles. The van der Waals surface area contributed by atoms with Crippen molar-refractivity contribution >= 4 is 27.1 Å². The van der Waals surface area contributed by atoms with Gasteiger partial charge in [-0.05, 0) is 135 Å². The summed E-state index contributed by atoms with van der Waals surface area (Å²) in [6.45, 7) is 20.1. The summed E-state index contributed by atoms with van der Waals surface area (Å²) in [7, 11) is -1.35. The first-order valence-electron chi connectivity index (χ1n) is 26.6. The Morgan fingerprint density at radius 3 is 1.02 bits per heavy atom. The molecule has 0 bridgehead atoms. The second-order valence-electron chi connectivity index (χ2n) is 25.7. The lowest BCUT2D eigenvalue weighted by Crippen LogP contribution is -2.41. The molecule has 12 unspecified atom stereocenters. The fourth-order valence-corrected chi connectivity index (χ4v) is 24.0. The maximum Gasteiger partial charge on any atom is 0.141 e. The van der Waals surface area contributed by atoms with Crippen LogP contribution in [0, 0.1) is 23.7 Å². The van der Waals surface area contributed by atoms with E-state index in [0.717, 1.165) is 72.0 Å². The van der Waals surface area contributed by atoms with Gasteiger partial charge in [0.15, 0.2) is 0 Å². The fraction of sp³-hybridized carbons (Fsp3) is 0.782. The van der Waals surface area contributed by atoms with Crippen molar-refractivity contribution in [3.05, 3.63) is 46.5 Å². The SMILES string of the molecule is CC(C)(C)c1cc(P2N3C4CCCCC4CC3C3CC4CCCCC4N32)c2c(c1)C(C)(C)c1cc(C(C)(C)C)cc(P3N4C5CCCCC5CC4C4CC5CCCCC5N43)c1O2. The number of rotatable bonds is 2. The summed E-state index contributed by atoms with van der Waals surface area (Å²) in [6.07, 6.45) is 28.7. The smallest absolute Gasteiger partial charge is 0.141 e. The molecule has 62 heavy (non-hydrogen) atoms. The van der Waals surface area contributed by atoms with E-state index >= 15 is 0 Å². The quantitative estimate of drug-likeness (QED) is 0.280. The molecular formula is C55H80N4OP2. The number of hydrogen-bond donors (Lipinski definition) is 0. The number of ether oxygens (including phenoxy) is 1. The standard InChI is InChI=1S/C55H80N4OP2/c1-53(2,3)37-29-39-51(49(31-37)61-56-41-21-13-9-17-33(41)25-45(56)46-26-34-18-10-14-22-42(34)57(46)61)60-52-40(55(39,7)8)30-38(54(4,5)6)32-50(52)62-58-43-23-15-11-19-35(43)27-47(58)48-28-36-20-12-16-24-44(36)59(48)62/h29-36,41-48H,9-28H2,1-8H3. The van der Waals surface area contributed by atoms with Crippen LogP contribution in [0.5, 0.6) is 11.5 Å². The van der Waals surface area contributed by atoms with E-state index in [9.17, 15) is 0 Å². The molecule has 0 spiro atoms. The Morgan fingerprint density at radius 2 is 0.726 bits per heavy atom. The van der Waals surface area contributed by atoms with Gasteiger partial charge in [-0.1, -0.05) is 119 Å². The third-order valence-corrected chi connectivity index (χ3v) is 25.6. The first kappa shape index (κ1) is 41.2. The fourth-order valence-electron chi connectivity index (χ4n) is 16.9. The molecule has 2 aromatic carbocycles. The van der Waals surface area contributed by atoms with E-state index < -0.39 is 16.4 Å². The molecule has 7 heteroatoms. The van der Waals surface area contributed by atoms with Crippen LogP contribution in [0.2, 0.25) is 0 Å². The van der Waals surface area contributed by atoms with Crippen molar-refractivity contribution in [2.75, 3.05) is 0 Å². The van der Waals surface area contributed by atoms with Crippen LogP contribution in [-0.4, -0.2) is 67.0 Å². The molecule has 10 fully saturated rings. The molecule has 4 saturated carbocycles. The van der Waals surface area contributed by atoms with E-state index in [4.69, 9.17) is 4.74 Å². The molecule has 0 amide bonds. The molecule has 5 nitrogen and oxygen atoms in total. The summed E-state index contributed by atoms with van der Waals surface area (Å²) in [5.41, 5.74) is 5.92. The molecule has 7 aliphatic heterocycles. The van der Waals surface area contributed by atoms with Gasteiger partial charge in [-0.3, -0.25) is 18.7 Å². The van der Waals surface area contributed by atoms with E-state index in [1.807, 2.05) is 0 Å². The monoisotopic (exact) mass is 875 g/mol. The Kier molecular flexibility index (Phi) is 9.61. The third-order valence-electron chi connectivity index (χ3n) is 20.0. The van der Waals surface area contributed by atoms with E-state index in [0.29, 0.717) is 0 Å². The van der Waals surface area contributed by atoms with Crippen LogP contribution in [0.4, 0.5) is 0 Å². The molecule has 4 aliphatic carbocycles. The highest BCUT2D eigenvalue weighted by atomic mass is 31.1. The van der Waals surface area contributed by atoms with Crippen LogP contribution < -0.4 is 15.3 Å². The largest absolute Gasteiger partial charge is 0.455 e. The van der Waals surface area contributed by atoms with Gasteiger partial charge < -0.3 is 4.74 Å². The van der Waals surface area contributed by atoms with E-state index in [-0.39, 0.29) is 16.2 Å². The van der Waals surface area contributed by atoms with Gasteiger partial charge in [-0.15, -0.1) is 0 Å². The highest BCUT2D eigenvalue weighted by molar-refractivity contribution is 7.62. The van der Waals surface area contributed by atoms with Crippen LogP contribution >= 0.6 is 16.4 Å². The number of benzene rings is 2. The van der Waals surface area contributed by atoms with Crippen LogP contribution in [-0.2, 0) is 16.2 Å². The van der Waals surface area contributed by atoms with Crippen molar-refractivity contribution in [3.8, 4) is 11.5 Å². The Bertz CT molecular complexity index is 1900. The van der Waals surface area contributed by atoms with Crippen LogP contribution in [0.15, 0.2) is 24.3 Å². The van der Waals surface area contributed by atoms with Crippen molar-refractivity contribution in [1.29, 1.82) is 0 Å². The Balaban J connectivity index is 1.02. The molecule has 11 aliphatic rings. The lowest BCUT2D eigenvalue weighted by Gasteiger charge is -2.45. The molecule has 0 aromatic heterocycles. The molecule has 0 N–H and O–H groups in total. The van der Waals surface area contributed by atoms with Crippen molar-refractivity contribution < 1.29 is 4.74 Å². The number of hydrogen-bond acceptors (Lipinski definition) is 5. The zero-order chi connectivity index (χ0) is 42.2. The topological polar surface area (TPSA) is 22.2 Å². The van der Waals surface area contributed by atoms with Crippen molar-refractivity contribution in [1.82, 2.24) is 18.7 Å². The Morgan fingerprint density at radius 1 is 0.435 bits per heavy atom. The second-order valence-corrected chi connectivity index (χ2v) is 29.7. The average Bonchev–Trinajstić information content (AvgIpc) is 4.08. The maximum atomic E-state index is 8.20. The second kappa shape index (κ2) is 14.5. The molecule has 13 rings (SSSR count). The summed E-state index contributed by atoms with van der Waals surface area (Å²) in [5, 5.41) is 3.21. The Labute approximate surface area is 378 Å². The molecular weight excluding hydrogens is 795 g/mol. The summed E-state index contributed by atoms with van der Waals surface area (Å²) < 4.78 is 21.2. The van der Waals surface area contributed by atoms with Crippen LogP contribution in [0.25, 0.3) is 0 Å². The lowest BCUT2D eigenvalue weighted by atomic mass is 9.72. The number of fused-ring (bicyclic) bond motifs is 16. The first-order valence-corrected chi connectivity index (χ1v) is 29.1. The molecule has 336 valence electrons. The van der Waals surface area contributed by atoms with Gasteiger partial charge >= 0.3 is 0 Å². The van der Waals surface area contributed by atoms with Gasteiger partial charge in [0.2, 0.25) is 0 Å². The van der Waals surface area contributed by atoms with Crippen molar-refractivity contribution in [2.24, 2.45) is 23.7 Å². The minimum absolute atomic E-state index is 0.0544. The zero-order valence-corrected chi connectivity index (χ0v) is 41.8. The minimum atomic E-state index is -0.675. The zero-order valence-electron chi connectivity index (χ0n) is 40.0. The van der Waals surface area contributed by atoms with Crippen molar-refractivity contribution in [2.45, 2.75) is 248 Å². The van der Waals surface area contributed by atoms with E-state index in [2.05, 4.69) is 98.3 Å². The molecule has 2 aromatic rings. The highest BCUT2D eigenvalue weighted by Crippen LogP contribution is 2.71. The van der Waals surface area contributed by atoms with E-state index in [1.54, 1.807) is 10.6 Å². The average molecular weight is 875 g/mol. The third kappa shape index (κ3) is 5.91. The predicted octanol–water partition coefficient (Wildman–Crippen LogP) is 13.1. The summed E-state index contributed by atoms with van der Waals surface area (Å²) in [5.74, 6) is 6.16. The predicted molar refractivity (Wildman–Crippen MR) is 260 cm³/mol. The van der Waals surface area contributed by atoms with Gasteiger partial charge in [0.1, 0.15) is 11.5 Å². The summed E-state index contributed by atoms with van der Waals surface area (Å²) in [6, 6.07) is 16.8. The number of nitrogens with zero attached hydrogens (tertiary/aromatic N) is 4. The minimum Gasteiger partial charge on any atom is -0.455 e. The summed E-state index contributed by atoms with van der Waals surface area (Å²) in [4.78, 5) is 0.